The fraction of sp³-hybridized carbons (Fsp3) is 0.400. The van der Waals surface area contributed by atoms with E-state index in [1.54, 1.807) is 11.3 Å². The Kier molecular flexibility index (Phi) is 4.76. The number of aryl methyl sites for hydroxylation is 1. The van der Waals surface area contributed by atoms with E-state index in [2.05, 4.69) is 10.1 Å². The first-order valence-corrected chi connectivity index (χ1v) is 7.40. The van der Waals surface area contributed by atoms with E-state index in [4.69, 9.17) is 5.26 Å². The molecule has 1 aliphatic carbocycles. The second-order valence-electron chi connectivity index (χ2n) is 4.87. The maximum Gasteiger partial charge on any atom is 0.325 e. The van der Waals surface area contributed by atoms with Crippen LogP contribution in [0, 0.1) is 18.3 Å². The molecule has 1 heterocycles. The third-order valence-electron chi connectivity index (χ3n) is 3.41. The van der Waals surface area contributed by atoms with E-state index in [1.165, 1.54) is 12.0 Å². The van der Waals surface area contributed by atoms with Gasteiger partial charge in [0.1, 0.15) is 18.2 Å². The Bertz CT molecular complexity index is 640. The number of ketones is 1. The Morgan fingerprint density at radius 3 is 2.86 bits per heavy atom. The molecule has 5 nitrogen and oxygen atoms in total. The standard InChI is InChI=1S/C15H16N2O3S/c1-9-3-4-14(21-9)10-5-12(17-8-15(19)20-2)11(7-16)13(18)6-10/h3-4,10,17H,5-6,8H2,1-2H3. The molecule has 0 aliphatic heterocycles. The average Bonchev–Trinajstić information content (AvgIpc) is 2.90. The Hall–Kier alpha value is -2.13. The molecule has 1 N–H and O–H groups in total. The number of carbonyl (C=O) groups excluding carboxylic acids is 2. The molecule has 0 saturated carbocycles. The lowest BCUT2D eigenvalue weighted by Crippen LogP contribution is -2.29. The van der Waals surface area contributed by atoms with Gasteiger partial charge in [0.2, 0.25) is 0 Å². The summed E-state index contributed by atoms with van der Waals surface area (Å²) in [4.78, 5) is 25.6. The number of esters is 1. The predicted octanol–water partition coefficient (Wildman–Crippen LogP) is 2.04. The first-order valence-electron chi connectivity index (χ1n) is 6.58. The van der Waals surface area contributed by atoms with Crippen molar-refractivity contribution in [3.8, 4) is 6.07 Å². The molecule has 0 amide bonds. The van der Waals surface area contributed by atoms with Crippen LogP contribution in [0.3, 0.4) is 0 Å². The smallest absolute Gasteiger partial charge is 0.325 e. The minimum absolute atomic E-state index is 0.0412. The lowest BCUT2D eigenvalue weighted by atomic mass is 9.85. The highest BCUT2D eigenvalue weighted by molar-refractivity contribution is 7.12. The molecule has 0 radical (unpaired) electrons. The summed E-state index contributed by atoms with van der Waals surface area (Å²) in [6.45, 7) is 1.98. The Morgan fingerprint density at radius 2 is 2.29 bits per heavy atom. The Morgan fingerprint density at radius 1 is 1.52 bits per heavy atom. The highest BCUT2D eigenvalue weighted by Crippen LogP contribution is 2.36. The molecule has 0 fully saturated rings. The molecule has 1 unspecified atom stereocenters. The zero-order valence-corrected chi connectivity index (χ0v) is 12.8. The fourth-order valence-electron chi connectivity index (χ4n) is 2.33. The van der Waals surface area contributed by atoms with Crippen molar-refractivity contribution in [1.29, 1.82) is 5.26 Å². The number of Topliss-reactive ketones (excluding diaryl/α,β-unsaturated/α-hetero) is 1. The van der Waals surface area contributed by atoms with Crippen molar-refractivity contribution in [2.75, 3.05) is 13.7 Å². The molecule has 1 aromatic rings. The molecule has 2 rings (SSSR count). The van der Waals surface area contributed by atoms with Crippen LogP contribution in [0.4, 0.5) is 0 Å². The van der Waals surface area contributed by atoms with Crippen LogP contribution in [-0.4, -0.2) is 25.4 Å². The van der Waals surface area contributed by atoms with Crippen LogP contribution in [-0.2, 0) is 14.3 Å². The normalized spacial score (nSPS) is 18.3. The van der Waals surface area contributed by atoms with Crippen molar-refractivity contribution in [2.45, 2.75) is 25.7 Å². The molecular weight excluding hydrogens is 288 g/mol. The molecule has 1 atom stereocenters. The quantitative estimate of drug-likeness (QED) is 0.861. The van der Waals surface area contributed by atoms with Gasteiger partial charge >= 0.3 is 5.97 Å². The van der Waals surface area contributed by atoms with Gasteiger partial charge in [0.15, 0.2) is 5.78 Å². The van der Waals surface area contributed by atoms with Gasteiger partial charge in [-0.3, -0.25) is 9.59 Å². The van der Waals surface area contributed by atoms with Gasteiger partial charge in [-0.15, -0.1) is 11.3 Å². The highest BCUT2D eigenvalue weighted by atomic mass is 32.1. The second kappa shape index (κ2) is 6.55. The molecule has 6 heteroatoms. The summed E-state index contributed by atoms with van der Waals surface area (Å²) in [5, 5.41) is 12.0. The summed E-state index contributed by atoms with van der Waals surface area (Å²) in [7, 11) is 1.30. The maximum atomic E-state index is 12.1. The number of nitriles is 1. The van der Waals surface area contributed by atoms with E-state index in [-0.39, 0.29) is 23.8 Å². The summed E-state index contributed by atoms with van der Waals surface area (Å²) in [6.07, 6.45) is 0.901. The minimum atomic E-state index is -0.429. The molecular formula is C15H16N2O3S. The van der Waals surface area contributed by atoms with Crippen molar-refractivity contribution in [2.24, 2.45) is 0 Å². The summed E-state index contributed by atoms with van der Waals surface area (Å²) < 4.78 is 4.56. The molecule has 0 aromatic carbocycles. The van der Waals surface area contributed by atoms with E-state index in [9.17, 15) is 9.59 Å². The van der Waals surface area contributed by atoms with Crippen LogP contribution in [0.5, 0.6) is 0 Å². The van der Waals surface area contributed by atoms with E-state index < -0.39 is 5.97 Å². The second-order valence-corrected chi connectivity index (χ2v) is 6.19. The predicted molar refractivity (Wildman–Crippen MR) is 78.7 cm³/mol. The summed E-state index contributed by atoms with van der Waals surface area (Å²) >= 11 is 1.66. The number of ether oxygens (including phenoxy) is 1. The van der Waals surface area contributed by atoms with Crippen LogP contribution in [0.2, 0.25) is 0 Å². The van der Waals surface area contributed by atoms with Crippen molar-refractivity contribution < 1.29 is 14.3 Å². The fourth-order valence-corrected chi connectivity index (χ4v) is 3.31. The van der Waals surface area contributed by atoms with E-state index in [0.717, 1.165) is 4.88 Å². The number of methoxy groups -OCH3 is 1. The van der Waals surface area contributed by atoms with Gasteiger partial charge in [0.05, 0.1) is 7.11 Å². The first-order chi connectivity index (χ1) is 10.0. The number of thiophene rings is 1. The van der Waals surface area contributed by atoms with Crippen molar-refractivity contribution in [3.05, 3.63) is 33.2 Å². The molecule has 21 heavy (non-hydrogen) atoms. The molecule has 110 valence electrons. The molecule has 0 spiro atoms. The van der Waals surface area contributed by atoms with Gasteiger partial charge in [-0.2, -0.15) is 5.26 Å². The Labute approximate surface area is 127 Å². The molecule has 0 bridgehead atoms. The van der Waals surface area contributed by atoms with Gasteiger partial charge < -0.3 is 10.1 Å². The number of rotatable bonds is 4. The number of hydrogen-bond donors (Lipinski definition) is 1. The van der Waals surface area contributed by atoms with E-state index >= 15 is 0 Å². The largest absolute Gasteiger partial charge is 0.468 e. The molecule has 0 saturated heterocycles. The summed E-state index contributed by atoms with van der Waals surface area (Å²) in [6, 6.07) is 5.99. The number of hydrogen-bond acceptors (Lipinski definition) is 6. The lowest BCUT2D eigenvalue weighted by Gasteiger charge is -2.23. The van der Waals surface area contributed by atoms with Crippen molar-refractivity contribution in [1.82, 2.24) is 5.32 Å². The zero-order valence-electron chi connectivity index (χ0n) is 11.9. The third kappa shape index (κ3) is 3.50. The van der Waals surface area contributed by atoms with Gasteiger partial charge in [-0.1, -0.05) is 0 Å². The van der Waals surface area contributed by atoms with Gasteiger partial charge in [-0.05, 0) is 25.5 Å². The zero-order chi connectivity index (χ0) is 15.4. The number of nitrogens with zero attached hydrogens (tertiary/aromatic N) is 1. The molecule has 1 aromatic heterocycles. The van der Waals surface area contributed by atoms with Crippen LogP contribution in [0.15, 0.2) is 23.4 Å². The lowest BCUT2D eigenvalue weighted by molar-refractivity contribution is -0.139. The third-order valence-corrected chi connectivity index (χ3v) is 4.58. The van der Waals surface area contributed by atoms with Crippen LogP contribution in [0.1, 0.15) is 28.5 Å². The summed E-state index contributed by atoms with van der Waals surface area (Å²) in [5.41, 5.74) is 0.665. The van der Waals surface area contributed by atoms with Gasteiger partial charge in [0, 0.05) is 27.8 Å². The molecule has 1 aliphatic rings. The minimum Gasteiger partial charge on any atom is -0.468 e. The number of nitrogens with one attached hydrogen (secondary N) is 1. The van der Waals surface area contributed by atoms with E-state index in [1.807, 2.05) is 25.1 Å². The van der Waals surface area contributed by atoms with Crippen LogP contribution in [0.25, 0.3) is 0 Å². The Balaban J connectivity index is 2.20. The van der Waals surface area contributed by atoms with Gasteiger partial charge in [-0.25, -0.2) is 0 Å². The first kappa shape index (κ1) is 15.3. The number of allylic oxidation sites excluding steroid dienone is 2. The topological polar surface area (TPSA) is 79.2 Å². The van der Waals surface area contributed by atoms with Crippen LogP contribution >= 0.6 is 11.3 Å². The maximum absolute atomic E-state index is 12.1. The summed E-state index contributed by atoms with van der Waals surface area (Å²) in [5.74, 6) is -0.540. The average molecular weight is 304 g/mol. The highest BCUT2D eigenvalue weighted by Gasteiger charge is 2.29. The SMILES string of the molecule is COC(=O)CNC1=C(C#N)C(=O)CC(c2ccc(C)s2)C1. The monoisotopic (exact) mass is 304 g/mol. The van der Waals surface area contributed by atoms with Crippen molar-refractivity contribution in [3.63, 3.8) is 0 Å². The van der Waals surface area contributed by atoms with Crippen LogP contribution < -0.4 is 5.32 Å². The van der Waals surface area contributed by atoms with Gasteiger partial charge in [0.25, 0.3) is 0 Å². The van der Waals surface area contributed by atoms with E-state index in [0.29, 0.717) is 18.5 Å². The number of carbonyl (C=O) groups is 2. The van der Waals surface area contributed by atoms with Crippen molar-refractivity contribution >= 4 is 23.1 Å².